The molecule has 0 saturated carbocycles. The zero-order chi connectivity index (χ0) is 17.4. The molecule has 6 heteroatoms. The van der Waals surface area contributed by atoms with Crippen LogP contribution in [0.2, 0.25) is 0 Å². The van der Waals surface area contributed by atoms with Crippen LogP contribution in [0.1, 0.15) is 23.6 Å². The van der Waals surface area contributed by atoms with E-state index in [1.807, 2.05) is 47.2 Å². The van der Waals surface area contributed by atoms with Crippen molar-refractivity contribution in [1.82, 2.24) is 14.5 Å². The van der Waals surface area contributed by atoms with E-state index in [9.17, 15) is 4.79 Å². The van der Waals surface area contributed by atoms with E-state index >= 15 is 0 Å². The topological polar surface area (TPSA) is 67.4 Å². The lowest BCUT2D eigenvalue weighted by atomic mass is 10.0. The first-order valence-corrected chi connectivity index (χ1v) is 8.96. The minimum Gasteiger partial charge on any atom is -0.340 e. The van der Waals surface area contributed by atoms with Crippen LogP contribution in [-0.4, -0.2) is 52.6 Å². The van der Waals surface area contributed by atoms with Gasteiger partial charge in [-0.2, -0.15) is 0 Å². The van der Waals surface area contributed by atoms with Crippen LogP contribution in [0.3, 0.4) is 0 Å². The Labute approximate surface area is 148 Å². The number of hydrogen-bond acceptors (Lipinski definition) is 4. The van der Waals surface area contributed by atoms with Gasteiger partial charge in [0, 0.05) is 63.5 Å². The molecule has 25 heavy (non-hydrogen) atoms. The predicted octanol–water partition coefficient (Wildman–Crippen LogP) is 1.13. The van der Waals surface area contributed by atoms with Gasteiger partial charge < -0.3 is 20.1 Å². The number of rotatable bonds is 4. The number of carbonyl (C=O) groups excluding carboxylic acids is 1. The SMILES string of the molecule is Cn1cnc([C@@H]2CN(CCC(=O)N3CCc4ccccc43)C[C@H]2N)c1. The molecule has 0 aliphatic carbocycles. The fourth-order valence-corrected chi connectivity index (χ4v) is 4.02. The van der Waals surface area contributed by atoms with Crippen molar-refractivity contribution >= 4 is 11.6 Å². The van der Waals surface area contributed by atoms with Crippen LogP contribution in [0.25, 0.3) is 0 Å². The zero-order valence-electron chi connectivity index (χ0n) is 14.6. The monoisotopic (exact) mass is 339 g/mol. The number of aromatic nitrogens is 2. The number of hydrogen-bond donors (Lipinski definition) is 1. The molecule has 1 fully saturated rings. The number of imidazole rings is 1. The molecule has 3 heterocycles. The van der Waals surface area contributed by atoms with Crippen LogP contribution in [-0.2, 0) is 18.3 Å². The van der Waals surface area contributed by atoms with E-state index in [0.29, 0.717) is 6.42 Å². The zero-order valence-corrected chi connectivity index (χ0v) is 14.6. The number of para-hydroxylation sites is 1. The lowest BCUT2D eigenvalue weighted by Crippen LogP contribution is -2.34. The Bertz CT molecular complexity index is 771. The first-order valence-electron chi connectivity index (χ1n) is 8.96. The Balaban J connectivity index is 1.34. The van der Waals surface area contributed by atoms with E-state index in [1.165, 1.54) is 5.56 Å². The Hall–Kier alpha value is -2.18. The molecule has 2 aliphatic rings. The maximum absolute atomic E-state index is 12.7. The van der Waals surface area contributed by atoms with Crippen molar-refractivity contribution in [2.24, 2.45) is 12.8 Å². The minimum atomic E-state index is 0.0810. The molecule has 1 saturated heterocycles. The van der Waals surface area contributed by atoms with E-state index in [4.69, 9.17) is 5.73 Å². The number of amides is 1. The summed E-state index contributed by atoms with van der Waals surface area (Å²) in [5.41, 5.74) is 9.72. The molecule has 2 atom stereocenters. The van der Waals surface area contributed by atoms with Crippen molar-refractivity contribution in [1.29, 1.82) is 0 Å². The molecule has 4 rings (SSSR count). The number of aryl methyl sites for hydroxylation is 1. The summed E-state index contributed by atoms with van der Waals surface area (Å²) in [6.07, 6.45) is 5.35. The largest absolute Gasteiger partial charge is 0.340 e. The van der Waals surface area contributed by atoms with Gasteiger partial charge in [-0.05, 0) is 18.1 Å². The van der Waals surface area contributed by atoms with Gasteiger partial charge >= 0.3 is 0 Å². The highest BCUT2D eigenvalue weighted by molar-refractivity contribution is 5.95. The lowest BCUT2D eigenvalue weighted by Gasteiger charge is -2.20. The molecule has 0 unspecified atom stereocenters. The van der Waals surface area contributed by atoms with E-state index < -0.39 is 0 Å². The van der Waals surface area contributed by atoms with Gasteiger partial charge in [0.25, 0.3) is 0 Å². The number of anilines is 1. The van der Waals surface area contributed by atoms with E-state index in [2.05, 4.69) is 16.0 Å². The molecular weight excluding hydrogens is 314 g/mol. The van der Waals surface area contributed by atoms with Crippen molar-refractivity contribution in [2.45, 2.75) is 24.8 Å². The Morgan fingerprint density at radius 1 is 1.32 bits per heavy atom. The average Bonchev–Trinajstić information content (AvgIpc) is 3.30. The minimum absolute atomic E-state index is 0.0810. The highest BCUT2D eigenvalue weighted by atomic mass is 16.2. The first-order chi connectivity index (χ1) is 12.1. The van der Waals surface area contributed by atoms with Crippen LogP contribution in [0.4, 0.5) is 5.69 Å². The molecule has 2 N–H and O–H groups in total. The van der Waals surface area contributed by atoms with Gasteiger partial charge in [-0.15, -0.1) is 0 Å². The third kappa shape index (κ3) is 3.19. The van der Waals surface area contributed by atoms with Gasteiger partial charge in [-0.25, -0.2) is 4.98 Å². The standard InChI is InChI=1S/C19H25N5O/c1-22-12-17(21-13-22)15-10-23(11-16(15)20)8-7-19(25)24-9-6-14-4-2-3-5-18(14)24/h2-5,12-13,15-16H,6-11,20H2,1H3/t15-,16-/m1/s1. The van der Waals surface area contributed by atoms with Gasteiger partial charge in [-0.1, -0.05) is 18.2 Å². The number of benzene rings is 1. The molecule has 0 spiro atoms. The summed E-state index contributed by atoms with van der Waals surface area (Å²) in [4.78, 5) is 21.3. The fraction of sp³-hybridized carbons (Fsp3) is 0.474. The van der Waals surface area contributed by atoms with Crippen molar-refractivity contribution < 1.29 is 4.79 Å². The normalized spacial score (nSPS) is 23.2. The highest BCUT2D eigenvalue weighted by Crippen LogP contribution is 2.29. The Morgan fingerprint density at radius 3 is 2.96 bits per heavy atom. The lowest BCUT2D eigenvalue weighted by molar-refractivity contribution is -0.118. The molecule has 132 valence electrons. The fourth-order valence-electron chi connectivity index (χ4n) is 4.02. The predicted molar refractivity (Wildman–Crippen MR) is 97.5 cm³/mol. The van der Waals surface area contributed by atoms with Gasteiger partial charge in [0.15, 0.2) is 0 Å². The molecule has 0 radical (unpaired) electrons. The summed E-state index contributed by atoms with van der Waals surface area (Å²) in [6, 6.07) is 8.28. The van der Waals surface area contributed by atoms with Gasteiger partial charge in [-0.3, -0.25) is 4.79 Å². The number of nitrogens with two attached hydrogens (primary N) is 1. The molecule has 1 amide bonds. The van der Waals surface area contributed by atoms with Gasteiger partial charge in [0.2, 0.25) is 5.91 Å². The maximum atomic E-state index is 12.7. The number of fused-ring (bicyclic) bond motifs is 1. The average molecular weight is 339 g/mol. The van der Waals surface area contributed by atoms with Gasteiger partial charge in [0.05, 0.1) is 12.0 Å². The summed E-state index contributed by atoms with van der Waals surface area (Å²) < 4.78 is 1.96. The molecule has 2 aromatic rings. The Kier molecular flexibility index (Phi) is 4.31. The van der Waals surface area contributed by atoms with E-state index in [1.54, 1.807) is 0 Å². The summed E-state index contributed by atoms with van der Waals surface area (Å²) in [5, 5.41) is 0. The summed E-state index contributed by atoms with van der Waals surface area (Å²) in [7, 11) is 1.97. The van der Waals surface area contributed by atoms with Crippen LogP contribution < -0.4 is 10.6 Å². The van der Waals surface area contributed by atoms with Crippen molar-refractivity contribution in [2.75, 3.05) is 31.1 Å². The number of nitrogens with zero attached hydrogens (tertiary/aromatic N) is 4. The maximum Gasteiger partial charge on any atom is 0.228 e. The molecule has 6 nitrogen and oxygen atoms in total. The molecule has 1 aromatic heterocycles. The summed E-state index contributed by atoms with van der Waals surface area (Å²) in [5.74, 6) is 0.462. The quantitative estimate of drug-likeness (QED) is 0.907. The first kappa shape index (κ1) is 16.3. The second kappa shape index (κ2) is 6.61. The molecule has 2 aliphatic heterocycles. The van der Waals surface area contributed by atoms with E-state index in [0.717, 1.165) is 44.0 Å². The smallest absolute Gasteiger partial charge is 0.228 e. The second-order valence-electron chi connectivity index (χ2n) is 7.17. The third-order valence-corrected chi connectivity index (χ3v) is 5.38. The summed E-state index contributed by atoms with van der Waals surface area (Å²) >= 11 is 0. The molecule has 1 aromatic carbocycles. The Morgan fingerprint density at radius 2 is 2.16 bits per heavy atom. The van der Waals surface area contributed by atoms with Crippen molar-refractivity contribution in [3.05, 3.63) is 48.0 Å². The van der Waals surface area contributed by atoms with Crippen LogP contribution in [0.15, 0.2) is 36.8 Å². The second-order valence-corrected chi connectivity index (χ2v) is 7.17. The van der Waals surface area contributed by atoms with Crippen LogP contribution in [0, 0.1) is 0 Å². The highest BCUT2D eigenvalue weighted by Gasteiger charge is 2.33. The summed E-state index contributed by atoms with van der Waals surface area (Å²) in [6.45, 7) is 3.26. The van der Waals surface area contributed by atoms with E-state index in [-0.39, 0.29) is 17.9 Å². The number of carbonyl (C=O) groups is 1. The third-order valence-electron chi connectivity index (χ3n) is 5.38. The van der Waals surface area contributed by atoms with Crippen molar-refractivity contribution in [3.8, 4) is 0 Å². The van der Waals surface area contributed by atoms with Crippen LogP contribution >= 0.6 is 0 Å². The molecular formula is C19H25N5O. The molecule has 0 bridgehead atoms. The van der Waals surface area contributed by atoms with Crippen molar-refractivity contribution in [3.63, 3.8) is 0 Å². The number of likely N-dealkylation sites (tertiary alicyclic amines) is 1. The van der Waals surface area contributed by atoms with Crippen LogP contribution in [0.5, 0.6) is 0 Å². The van der Waals surface area contributed by atoms with Gasteiger partial charge in [0.1, 0.15) is 0 Å².